The largest absolute Gasteiger partial charge is 0.490 e. The maximum atomic E-state index is 13.3. The number of ether oxygens (including phenoxy) is 1. The predicted octanol–water partition coefficient (Wildman–Crippen LogP) is 2.37. The molecule has 1 aromatic carbocycles. The molecule has 1 aromatic rings. The number of hydrogen-bond donors (Lipinski definition) is 2. The summed E-state index contributed by atoms with van der Waals surface area (Å²) in [7, 11) is 0. The van der Waals surface area contributed by atoms with Crippen LogP contribution in [0.2, 0.25) is 0 Å². The minimum atomic E-state index is -0.664. The molecule has 1 atom stereocenters. The molecule has 1 unspecified atom stereocenters. The molecule has 1 aliphatic heterocycles. The van der Waals surface area contributed by atoms with Crippen LogP contribution in [-0.2, 0) is 9.59 Å². The zero-order chi connectivity index (χ0) is 21.0. The van der Waals surface area contributed by atoms with Crippen molar-refractivity contribution in [2.75, 3.05) is 13.1 Å². The Hall–Kier alpha value is -2.22. The minimum absolute atomic E-state index is 0.0192. The second-order valence-electron chi connectivity index (χ2n) is 8.11. The number of carbonyl (C=O) groups excluding carboxylic acids is 2. The lowest BCUT2D eigenvalue weighted by molar-refractivity contribution is -0.135. The highest BCUT2D eigenvalue weighted by Gasteiger charge is 2.33. The van der Waals surface area contributed by atoms with Crippen molar-refractivity contribution < 1.29 is 23.1 Å². The first-order valence-electron chi connectivity index (χ1n) is 10.3. The third-order valence-corrected chi connectivity index (χ3v) is 5.59. The van der Waals surface area contributed by atoms with Gasteiger partial charge in [0.1, 0.15) is 17.4 Å². The minimum Gasteiger partial charge on any atom is -0.490 e. The van der Waals surface area contributed by atoms with Crippen LogP contribution in [0.3, 0.4) is 0 Å². The fraction of sp³-hybridized carbons (Fsp3) is 0.619. The number of piperazine rings is 1. The SMILES string of the molecule is CC(C)N1CCNC(=O)C1CC(=O)NC1CCC(Oc2cc(F)cc(F)c2)CC1. The van der Waals surface area contributed by atoms with E-state index in [4.69, 9.17) is 4.74 Å². The molecule has 6 nitrogen and oxygen atoms in total. The molecule has 1 aliphatic carbocycles. The van der Waals surface area contributed by atoms with Crippen molar-refractivity contribution in [3.8, 4) is 5.75 Å². The van der Waals surface area contributed by atoms with E-state index >= 15 is 0 Å². The number of nitrogens with zero attached hydrogens (tertiary/aromatic N) is 1. The highest BCUT2D eigenvalue weighted by atomic mass is 19.1. The maximum absolute atomic E-state index is 13.3. The number of nitrogens with one attached hydrogen (secondary N) is 2. The van der Waals surface area contributed by atoms with Crippen LogP contribution in [0, 0.1) is 11.6 Å². The average Bonchev–Trinajstić information content (AvgIpc) is 2.64. The highest BCUT2D eigenvalue weighted by Crippen LogP contribution is 2.25. The third-order valence-electron chi connectivity index (χ3n) is 5.59. The van der Waals surface area contributed by atoms with Gasteiger partial charge in [0.2, 0.25) is 11.8 Å². The molecule has 2 amide bonds. The molecule has 2 fully saturated rings. The third kappa shape index (κ3) is 5.88. The van der Waals surface area contributed by atoms with E-state index in [0.29, 0.717) is 19.4 Å². The van der Waals surface area contributed by atoms with Crippen molar-refractivity contribution in [3.63, 3.8) is 0 Å². The van der Waals surface area contributed by atoms with E-state index < -0.39 is 17.7 Å². The lowest BCUT2D eigenvalue weighted by Crippen LogP contribution is -2.58. The fourth-order valence-electron chi connectivity index (χ4n) is 4.14. The summed E-state index contributed by atoms with van der Waals surface area (Å²) in [6.07, 6.45) is 2.82. The predicted molar refractivity (Wildman–Crippen MR) is 104 cm³/mol. The summed E-state index contributed by atoms with van der Waals surface area (Å²) in [5.74, 6) is -1.37. The molecule has 1 saturated carbocycles. The molecule has 160 valence electrons. The first-order chi connectivity index (χ1) is 13.8. The molecule has 29 heavy (non-hydrogen) atoms. The van der Waals surface area contributed by atoms with E-state index in [0.717, 1.165) is 25.5 Å². The first-order valence-corrected chi connectivity index (χ1v) is 10.3. The summed E-state index contributed by atoms with van der Waals surface area (Å²) in [5, 5.41) is 5.86. The number of halogens is 2. The van der Waals surface area contributed by atoms with Crippen LogP contribution in [0.25, 0.3) is 0 Å². The van der Waals surface area contributed by atoms with Gasteiger partial charge < -0.3 is 15.4 Å². The molecule has 0 radical (unpaired) electrons. The Labute approximate surface area is 170 Å². The Morgan fingerprint density at radius 1 is 1.21 bits per heavy atom. The Balaban J connectivity index is 1.46. The summed E-state index contributed by atoms with van der Waals surface area (Å²) in [6.45, 7) is 5.39. The van der Waals surface area contributed by atoms with Gasteiger partial charge in [-0.1, -0.05) is 0 Å². The van der Waals surface area contributed by atoms with Gasteiger partial charge in [0.15, 0.2) is 0 Å². The lowest BCUT2D eigenvalue weighted by Gasteiger charge is -2.38. The van der Waals surface area contributed by atoms with Gasteiger partial charge in [-0.05, 0) is 39.5 Å². The van der Waals surface area contributed by atoms with Crippen LogP contribution in [0.1, 0.15) is 46.0 Å². The molecule has 0 spiro atoms. The summed E-state index contributed by atoms with van der Waals surface area (Å²) < 4.78 is 32.3. The molecule has 0 aromatic heterocycles. The van der Waals surface area contributed by atoms with Gasteiger partial charge in [0.05, 0.1) is 18.6 Å². The van der Waals surface area contributed by atoms with Crippen LogP contribution < -0.4 is 15.4 Å². The van der Waals surface area contributed by atoms with E-state index in [9.17, 15) is 18.4 Å². The van der Waals surface area contributed by atoms with Gasteiger partial charge in [-0.25, -0.2) is 8.78 Å². The van der Waals surface area contributed by atoms with Crippen molar-refractivity contribution in [2.24, 2.45) is 0 Å². The molecule has 0 bridgehead atoms. The second-order valence-corrected chi connectivity index (χ2v) is 8.11. The van der Waals surface area contributed by atoms with Crippen molar-refractivity contribution in [3.05, 3.63) is 29.8 Å². The molecule has 3 rings (SSSR count). The Morgan fingerprint density at radius 3 is 2.48 bits per heavy atom. The number of benzene rings is 1. The fourth-order valence-corrected chi connectivity index (χ4v) is 4.14. The van der Waals surface area contributed by atoms with Gasteiger partial charge in [0, 0.05) is 43.4 Å². The molecule has 2 N–H and O–H groups in total. The Bertz CT molecular complexity index is 716. The average molecular weight is 409 g/mol. The zero-order valence-electron chi connectivity index (χ0n) is 16.9. The Kier molecular flexibility index (Phi) is 7.05. The molecular formula is C21H29F2N3O3. The van der Waals surface area contributed by atoms with Crippen LogP contribution in [0.15, 0.2) is 18.2 Å². The van der Waals surface area contributed by atoms with Crippen molar-refractivity contribution in [1.82, 2.24) is 15.5 Å². The topological polar surface area (TPSA) is 70.7 Å². The van der Waals surface area contributed by atoms with E-state index in [1.165, 1.54) is 12.1 Å². The van der Waals surface area contributed by atoms with Gasteiger partial charge in [0.25, 0.3) is 0 Å². The van der Waals surface area contributed by atoms with E-state index in [1.54, 1.807) is 0 Å². The summed E-state index contributed by atoms with van der Waals surface area (Å²) in [6, 6.07) is 2.93. The van der Waals surface area contributed by atoms with Crippen molar-refractivity contribution >= 4 is 11.8 Å². The summed E-state index contributed by atoms with van der Waals surface area (Å²) in [4.78, 5) is 26.8. The quantitative estimate of drug-likeness (QED) is 0.757. The van der Waals surface area contributed by atoms with Gasteiger partial charge in [-0.2, -0.15) is 0 Å². The van der Waals surface area contributed by atoms with E-state index in [-0.39, 0.29) is 42.2 Å². The first kappa shape index (κ1) is 21.5. The van der Waals surface area contributed by atoms with Crippen molar-refractivity contribution in [1.29, 1.82) is 0 Å². The van der Waals surface area contributed by atoms with Crippen molar-refractivity contribution in [2.45, 2.75) is 70.2 Å². The maximum Gasteiger partial charge on any atom is 0.237 e. The molecule has 1 saturated heterocycles. The summed E-state index contributed by atoms with van der Waals surface area (Å²) in [5.41, 5.74) is 0. The number of hydrogen-bond acceptors (Lipinski definition) is 4. The van der Waals surface area contributed by atoms with Gasteiger partial charge in [-0.15, -0.1) is 0 Å². The molecule has 8 heteroatoms. The molecular weight excluding hydrogens is 380 g/mol. The molecule has 2 aliphatic rings. The number of rotatable bonds is 6. The van der Waals surface area contributed by atoms with Crippen LogP contribution in [0.4, 0.5) is 8.78 Å². The van der Waals surface area contributed by atoms with E-state index in [1.807, 2.05) is 13.8 Å². The lowest BCUT2D eigenvalue weighted by atomic mass is 9.92. The number of carbonyl (C=O) groups is 2. The van der Waals surface area contributed by atoms with Crippen LogP contribution in [0.5, 0.6) is 5.75 Å². The summed E-state index contributed by atoms with van der Waals surface area (Å²) >= 11 is 0. The van der Waals surface area contributed by atoms with Gasteiger partial charge >= 0.3 is 0 Å². The molecule has 1 heterocycles. The van der Waals surface area contributed by atoms with Crippen LogP contribution in [-0.4, -0.2) is 54.0 Å². The smallest absolute Gasteiger partial charge is 0.237 e. The van der Waals surface area contributed by atoms with E-state index in [2.05, 4.69) is 15.5 Å². The highest BCUT2D eigenvalue weighted by molar-refractivity contribution is 5.89. The number of amides is 2. The van der Waals surface area contributed by atoms with Crippen LogP contribution >= 0.6 is 0 Å². The Morgan fingerprint density at radius 2 is 1.86 bits per heavy atom. The second kappa shape index (κ2) is 9.52. The monoisotopic (exact) mass is 409 g/mol. The normalized spacial score (nSPS) is 25.6. The van der Waals surface area contributed by atoms with Gasteiger partial charge in [-0.3, -0.25) is 14.5 Å². The zero-order valence-corrected chi connectivity index (χ0v) is 16.9. The standard InChI is InChI=1S/C21H29F2N3O3/c1-13(2)26-8-7-24-21(28)19(26)12-20(27)25-16-3-5-17(6-4-16)29-18-10-14(22)9-15(23)11-18/h9-11,13,16-17,19H,3-8,12H2,1-2H3,(H,24,28)(H,25,27).